The van der Waals surface area contributed by atoms with Gasteiger partial charge in [-0.25, -0.2) is 4.79 Å². The van der Waals surface area contributed by atoms with E-state index in [1.54, 1.807) is 6.92 Å². The molecule has 0 aromatic carbocycles. The van der Waals surface area contributed by atoms with Gasteiger partial charge in [-0.15, -0.1) is 0 Å². The SMILES string of the molecule is CNC(=O)NC(=O)C(C)NC(C)CCCC(C)C. The minimum Gasteiger partial charge on any atom is -0.341 e. The first-order chi connectivity index (χ1) is 8.36. The van der Waals surface area contributed by atoms with E-state index in [-0.39, 0.29) is 18.0 Å². The minimum atomic E-state index is -0.471. The number of amides is 3. The second-order valence-corrected chi connectivity index (χ2v) is 5.18. The molecule has 3 amide bonds. The highest BCUT2D eigenvalue weighted by Crippen LogP contribution is 2.08. The van der Waals surface area contributed by atoms with Gasteiger partial charge in [0.15, 0.2) is 0 Å². The van der Waals surface area contributed by atoms with Crippen LogP contribution in [0.1, 0.15) is 47.0 Å². The van der Waals surface area contributed by atoms with Crippen molar-refractivity contribution in [1.29, 1.82) is 0 Å². The third-order valence-corrected chi connectivity index (χ3v) is 2.81. The molecule has 3 N–H and O–H groups in total. The van der Waals surface area contributed by atoms with E-state index in [1.807, 2.05) is 0 Å². The fraction of sp³-hybridized carbons (Fsp3) is 0.846. The molecular formula is C13H27N3O2. The zero-order valence-corrected chi connectivity index (χ0v) is 12.2. The predicted molar refractivity (Wildman–Crippen MR) is 73.3 cm³/mol. The van der Waals surface area contributed by atoms with Crippen LogP contribution in [-0.2, 0) is 4.79 Å². The first kappa shape index (κ1) is 16.9. The Balaban J connectivity index is 3.88. The van der Waals surface area contributed by atoms with Crippen LogP contribution in [-0.4, -0.2) is 31.1 Å². The lowest BCUT2D eigenvalue weighted by Crippen LogP contribution is -2.49. The van der Waals surface area contributed by atoms with E-state index in [1.165, 1.54) is 13.5 Å². The largest absolute Gasteiger partial charge is 0.341 e. The molecule has 0 rings (SSSR count). The molecule has 0 aliphatic rings. The maximum absolute atomic E-state index is 11.6. The number of urea groups is 1. The highest BCUT2D eigenvalue weighted by Gasteiger charge is 2.16. The quantitative estimate of drug-likeness (QED) is 0.649. The lowest BCUT2D eigenvalue weighted by Gasteiger charge is -2.19. The molecule has 0 aromatic rings. The summed E-state index contributed by atoms with van der Waals surface area (Å²) in [5.74, 6) is 0.413. The molecule has 0 radical (unpaired) electrons. The van der Waals surface area contributed by atoms with Crippen LogP contribution in [0.2, 0.25) is 0 Å². The van der Waals surface area contributed by atoms with E-state index in [4.69, 9.17) is 0 Å². The van der Waals surface area contributed by atoms with Crippen molar-refractivity contribution in [2.75, 3.05) is 7.05 Å². The molecule has 106 valence electrons. The Morgan fingerprint density at radius 2 is 1.67 bits per heavy atom. The van der Waals surface area contributed by atoms with Crippen LogP contribution in [0, 0.1) is 5.92 Å². The molecule has 0 aliphatic carbocycles. The number of imide groups is 1. The van der Waals surface area contributed by atoms with Crippen LogP contribution in [0.5, 0.6) is 0 Å². The topological polar surface area (TPSA) is 70.2 Å². The van der Waals surface area contributed by atoms with Crippen LogP contribution in [0.15, 0.2) is 0 Å². The summed E-state index contributed by atoms with van der Waals surface area (Å²) in [6.07, 6.45) is 3.39. The van der Waals surface area contributed by atoms with E-state index >= 15 is 0 Å². The molecule has 0 spiro atoms. The van der Waals surface area contributed by atoms with Gasteiger partial charge in [0.1, 0.15) is 0 Å². The van der Waals surface area contributed by atoms with E-state index < -0.39 is 6.03 Å². The van der Waals surface area contributed by atoms with Crippen LogP contribution >= 0.6 is 0 Å². The summed E-state index contributed by atoms with van der Waals surface area (Å²) < 4.78 is 0. The average Bonchev–Trinajstić information content (AvgIpc) is 2.27. The molecule has 0 bridgehead atoms. The fourth-order valence-electron chi connectivity index (χ4n) is 1.70. The second-order valence-electron chi connectivity index (χ2n) is 5.18. The van der Waals surface area contributed by atoms with Gasteiger partial charge in [0.05, 0.1) is 6.04 Å². The second kappa shape index (κ2) is 8.91. The summed E-state index contributed by atoms with van der Waals surface area (Å²) in [6.45, 7) is 8.23. The van der Waals surface area contributed by atoms with Gasteiger partial charge < -0.3 is 10.6 Å². The Kier molecular flexibility index (Phi) is 8.37. The zero-order chi connectivity index (χ0) is 14.1. The number of carbonyl (C=O) groups excluding carboxylic acids is 2. The summed E-state index contributed by atoms with van der Waals surface area (Å²) in [7, 11) is 1.48. The summed E-state index contributed by atoms with van der Waals surface area (Å²) in [6, 6.07) is -0.563. The van der Waals surface area contributed by atoms with Gasteiger partial charge in [0.2, 0.25) is 5.91 Å². The Hall–Kier alpha value is -1.10. The molecule has 2 unspecified atom stereocenters. The maximum Gasteiger partial charge on any atom is 0.321 e. The number of rotatable bonds is 7. The maximum atomic E-state index is 11.6. The van der Waals surface area contributed by atoms with Crippen molar-refractivity contribution in [1.82, 2.24) is 16.0 Å². The standard InChI is InChI=1S/C13H27N3O2/c1-9(2)7-6-8-10(3)15-11(4)12(17)16-13(18)14-5/h9-11,15H,6-8H2,1-5H3,(H2,14,16,17,18). The summed E-state index contributed by atoms with van der Waals surface area (Å²) in [4.78, 5) is 22.6. The van der Waals surface area contributed by atoms with Gasteiger partial charge in [0.25, 0.3) is 0 Å². The lowest BCUT2D eigenvalue weighted by atomic mass is 10.0. The number of hydrogen-bond donors (Lipinski definition) is 3. The Morgan fingerprint density at radius 1 is 1.06 bits per heavy atom. The molecule has 5 heteroatoms. The molecule has 0 aliphatic heterocycles. The van der Waals surface area contributed by atoms with Crippen LogP contribution in [0.3, 0.4) is 0 Å². The first-order valence-electron chi connectivity index (χ1n) is 6.65. The number of carbonyl (C=O) groups is 2. The molecule has 0 heterocycles. The van der Waals surface area contributed by atoms with Crippen molar-refractivity contribution >= 4 is 11.9 Å². The normalized spacial score (nSPS) is 14.1. The van der Waals surface area contributed by atoms with E-state index in [2.05, 4.69) is 36.7 Å². The molecule has 0 aromatic heterocycles. The Labute approximate surface area is 110 Å². The lowest BCUT2D eigenvalue weighted by molar-refractivity contribution is -0.121. The van der Waals surface area contributed by atoms with Gasteiger partial charge in [-0.2, -0.15) is 0 Å². The summed E-state index contributed by atoms with van der Waals surface area (Å²) >= 11 is 0. The van der Waals surface area contributed by atoms with Crippen molar-refractivity contribution in [2.45, 2.75) is 59.0 Å². The molecule has 0 saturated heterocycles. The zero-order valence-electron chi connectivity index (χ0n) is 12.2. The first-order valence-corrected chi connectivity index (χ1v) is 6.65. The molecule has 5 nitrogen and oxygen atoms in total. The highest BCUT2D eigenvalue weighted by molar-refractivity contribution is 5.96. The van der Waals surface area contributed by atoms with E-state index in [0.29, 0.717) is 5.92 Å². The van der Waals surface area contributed by atoms with Crippen molar-refractivity contribution in [3.63, 3.8) is 0 Å². The fourth-order valence-corrected chi connectivity index (χ4v) is 1.70. The average molecular weight is 257 g/mol. The molecular weight excluding hydrogens is 230 g/mol. The monoisotopic (exact) mass is 257 g/mol. The molecule has 0 fully saturated rings. The van der Waals surface area contributed by atoms with Crippen molar-refractivity contribution in [2.24, 2.45) is 5.92 Å². The Bertz CT molecular complexity index is 267. The molecule has 0 saturated carbocycles. The smallest absolute Gasteiger partial charge is 0.321 e. The van der Waals surface area contributed by atoms with Crippen molar-refractivity contribution < 1.29 is 9.59 Å². The van der Waals surface area contributed by atoms with Gasteiger partial charge in [-0.3, -0.25) is 10.1 Å². The predicted octanol–water partition coefficient (Wildman–Crippen LogP) is 1.63. The van der Waals surface area contributed by atoms with Gasteiger partial charge in [0, 0.05) is 13.1 Å². The highest BCUT2D eigenvalue weighted by atomic mass is 16.2. The van der Waals surface area contributed by atoms with Crippen molar-refractivity contribution in [3.8, 4) is 0 Å². The number of nitrogens with one attached hydrogen (secondary N) is 3. The third kappa shape index (κ3) is 8.06. The number of hydrogen-bond acceptors (Lipinski definition) is 3. The molecule has 2 atom stereocenters. The van der Waals surface area contributed by atoms with E-state index in [0.717, 1.165) is 12.8 Å². The van der Waals surface area contributed by atoms with Crippen LogP contribution in [0.25, 0.3) is 0 Å². The minimum absolute atomic E-state index is 0.272. The van der Waals surface area contributed by atoms with Crippen LogP contribution < -0.4 is 16.0 Å². The van der Waals surface area contributed by atoms with Crippen molar-refractivity contribution in [3.05, 3.63) is 0 Å². The van der Waals surface area contributed by atoms with E-state index in [9.17, 15) is 9.59 Å². The van der Waals surface area contributed by atoms with Crippen LogP contribution in [0.4, 0.5) is 4.79 Å². The third-order valence-electron chi connectivity index (χ3n) is 2.81. The molecule has 18 heavy (non-hydrogen) atoms. The summed E-state index contributed by atoms with van der Waals surface area (Å²) in [5, 5.41) is 7.80. The summed E-state index contributed by atoms with van der Waals surface area (Å²) in [5.41, 5.74) is 0. The Morgan fingerprint density at radius 3 is 2.17 bits per heavy atom. The van der Waals surface area contributed by atoms with Gasteiger partial charge in [-0.05, 0) is 26.2 Å². The van der Waals surface area contributed by atoms with Gasteiger partial charge >= 0.3 is 6.03 Å². The van der Waals surface area contributed by atoms with Gasteiger partial charge in [-0.1, -0.05) is 26.7 Å².